The van der Waals surface area contributed by atoms with Gasteiger partial charge in [0.2, 0.25) is 11.8 Å². The lowest BCUT2D eigenvalue weighted by Crippen LogP contribution is -2.74. The lowest BCUT2D eigenvalue weighted by Gasteiger charge is -2.51. The first-order valence-electron chi connectivity index (χ1n) is 7.60. The summed E-state index contributed by atoms with van der Waals surface area (Å²) >= 11 is 0. The zero-order valence-corrected chi connectivity index (χ0v) is 13.0. The van der Waals surface area contributed by atoms with E-state index in [1.165, 1.54) is 0 Å². The summed E-state index contributed by atoms with van der Waals surface area (Å²) in [6, 6.07) is 0. The van der Waals surface area contributed by atoms with Gasteiger partial charge in [-0.1, -0.05) is 13.8 Å². The van der Waals surface area contributed by atoms with Crippen LogP contribution in [-0.2, 0) is 14.3 Å². The molecule has 0 spiro atoms. The summed E-state index contributed by atoms with van der Waals surface area (Å²) in [7, 11) is 0. The van der Waals surface area contributed by atoms with E-state index in [4.69, 9.17) is 4.74 Å². The van der Waals surface area contributed by atoms with E-state index in [1.807, 2.05) is 18.7 Å². The molecule has 0 aromatic carbocycles. The van der Waals surface area contributed by atoms with Crippen LogP contribution in [0.1, 0.15) is 47.0 Å². The number of amides is 2. The standard InChI is InChI=1S/C15H26N2O3/c1-5-15(6-2)12(18)16-14(3,4)13(19)17(15)9-11-7-8-20-10-11/h11H,5-10H2,1-4H3,(H,16,18). The number of carbonyl (C=O) groups is 2. The van der Waals surface area contributed by atoms with E-state index in [1.54, 1.807) is 13.8 Å². The Hall–Kier alpha value is -1.10. The minimum atomic E-state index is -0.815. The van der Waals surface area contributed by atoms with Crippen LogP contribution in [0.3, 0.4) is 0 Å². The quantitative estimate of drug-likeness (QED) is 0.846. The van der Waals surface area contributed by atoms with Crippen molar-refractivity contribution in [1.29, 1.82) is 0 Å². The van der Waals surface area contributed by atoms with Gasteiger partial charge in [-0.3, -0.25) is 9.59 Å². The Kier molecular flexibility index (Phi) is 4.09. The van der Waals surface area contributed by atoms with E-state index < -0.39 is 11.1 Å². The monoisotopic (exact) mass is 282 g/mol. The summed E-state index contributed by atoms with van der Waals surface area (Å²) in [6.07, 6.45) is 2.25. The molecule has 2 heterocycles. The number of ether oxygens (including phenoxy) is 1. The van der Waals surface area contributed by atoms with Crippen molar-refractivity contribution < 1.29 is 14.3 Å². The molecule has 2 aliphatic rings. The van der Waals surface area contributed by atoms with Crippen LogP contribution in [0.15, 0.2) is 0 Å². The summed E-state index contributed by atoms with van der Waals surface area (Å²) in [5, 5.41) is 2.89. The van der Waals surface area contributed by atoms with Crippen LogP contribution >= 0.6 is 0 Å². The van der Waals surface area contributed by atoms with Crippen molar-refractivity contribution in [2.24, 2.45) is 5.92 Å². The second-order valence-electron chi connectivity index (χ2n) is 6.46. The van der Waals surface area contributed by atoms with Crippen LogP contribution in [0.2, 0.25) is 0 Å². The molecule has 0 radical (unpaired) electrons. The van der Waals surface area contributed by atoms with Gasteiger partial charge < -0.3 is 15.0 Å². The summed E-state index contributed by atoms with van der Waals surface area (Å²) in [6.45, 7) is 9.58. The van der Waals surface area contributed by atoms with Gasteiger partial charge in [-0.15, -0.1) is 0 Å². The molecule has 1 N–H and O–H groups in total. The van der Waals surface area contributed by atoms with E-state index in [-0.39, 0.29) is 11.8 Å². The van der Waals surface area contributed by atoms with Crippen LogP contribution in [0.4, 0.5) is 0 Å². The molecule has 2 saturated heterocycles. The van der Waals surface area contributed by atoms with Crippen LogP contribution in [-0.4, -0.2) is 47.6 Å². The zero-order valence-electron chi connectivity index (χ0n) is 13.0. The molecule has 20 heavy (non-hydrogen) atoms. The molecule has 0 bridgehead atoms. The Bertz CT molecular complexity index is 396. The Morgan fingerprint density at radius 3 is 2.45 bits per heavy atom. The Labute approximate surface area is 121 Å². The SMILES string of the molecule is CCC1(CC)C(=O)NC(C)(C)C(=O)N1CC1CCOC1. The second kappa shape index (κ2) is 5.35. The first kappa shape index (κ1) is 15.3. The van der Waals surface area contributed by atoms with Crippen molar-refractivity contribution in [2.75, 3.05) is 19.8 Å². The van der Waals surface area contributed by atoms with Crippen molar-refractivity contribution in [2.45, 2.75) is 58.0 Å². The molecule has 114 valence electrons. The highest BCUT2D eigenvalue weighted by atomic mass is 16.5. The fraction of sp³-hybridized carbons (Fsp3) is 0.867. The van der Waals surface area contributed by atoms with Crippen molar-refractivity contribution in [3.8, 4) is 0 Å². The van der Waals surface area contributed by atoms with Gasteiger partial charge in [-0.25, -0.2) is 0 Å². The molecule has 1 atom stereocenters. The third-order valence-electron chi connectivity index (χ3n) is 4.78. The maximum atomic E-state index is 12.8. The number of piperazine rings is 1. The molecule has 2 aliphatic heterocycles. The summed E-state index contributed by atoms with van der Waals surface area (Å²) in [4.78, 5) is 27.2. The maximum absolute atomic E-state index is 12.8. The molecule has 5 heteroatoms. The van der Waals surface area contributed by atoms with Crippen LogP contribution in [0.25, 0.3) is 0 Å². The van der Waals surface area contributed by atoms with Gasteiger partial charge >= 0.3 is 0 Å². The maximum Gasteiger partial charge on any atom is 0.248 e. The van der Waals surface area contributed by atoms with Crippen molar-refractivity contribution in [1.82, 2.24) is 10.2 Å². The Morgan fingerprint density at radius 1 is 1.30 bits per heavy atom. The van der Waals surface area contributed by atoms with Crippen molar-refractivity contribution in [3.05, 3.63) is 0 Å². The number of nitrogens with zero attached hydrogens (tertiary/aromatic N) is 1. The molecule has 0 aromatic rings. The van der Waals surface area contributed by atoms with E-state index >= 15 is 0 Å². The summed E-state index contributed by atoms with van der Waals surface area (Å²) in [5.74, 6) is 0.344. The normalized spacial score (nSPS) is 28.6. The van der Waals surface area contributed by atoms with Crippen molar-refractivity contribution in [3.63, 3.8) is 0 Å². The minimum absolute atomic E-state index is 0.0210. The van der Waals surface area contributed by atoms with Crippen LogP contribution in [0.5, 0.6) is 0 Å². The van der Waals surface area contributed by atoms with Gasteiger partial charge in [-0.2, -0.15) is 0 Å². The van der Waals surface area contributed by atoms with Gasteiger partial charge in [-0.05, 0) is 33.1 Å². The summed E-state index contributed by atoms with van der Waals surface area (Å²) < 4.78 is 5.41. The zero-order chi connectivity index (χ0) is 15.0. The number of rotatable bonds is 4. The average molecular weight is 282 g/mol. The second-order valence-corrected chi connectivity index (χ2v) is 6.46. The number of nitrogens with one attached hydrogen (secondary N) is 1. The van der Waals surface area contributed by atoms with Crippen molar-refractivity contribution >= 4 is 11.8 Å². The first-order valence-corrected chi connectivity index (χ1v) is 7.60. The largest absolute Gasteiger partial charge is 0.381 e. The first-order chi connectivity index (χ1) is 9.37. The molecule has 0 saturated carbocycles. The predicted molar refractivity (Wildman–Crippen MR) is 76.2 cm³/mol. The van der Waals surface area contributed by atoms with Crippen LogP contribution < -0.4 is 5.32 Å². The van der Waals surface area contributed by atoms with E-state index in [0.29, 0.717) is 31.9 Å². The van der Waals surface area contributed by atoms with E-state index in [2.05, 4.69) is 5.32 Å². The van der Waals surface area contributed by atoms with Gasteiger partial charge in [0, 0.05) is 19.1 Å². The molecule has 2 amide bonds. The Balaban J connectivity index is 2.32. The highest BCUT2D eigenvalue weighted by Crippen LogP contribution is 2.33. The average Bonchev–Trinajstić information content (AvgIpc) is 2.89. The molecule has 0 aliphatic carbocycles. The lowest BCUT2D eigenvalue weighted by atomic mass is 9.82. The molecular formula is C15H26N2O3. The molecular weight excluding hydrogens is 256 g/mol. The predicted octanol–water partition coefficient (Wildman–Crippen LogP) is 1.32. The fourth-order valence-corrected chi connectivity index (χ4v) is 3.30. The number of carbonyl (C=O) groups excluding carboxylic acids is 2. The molecule has 2 rings (SSSR count). The van der Waals surface area contributed by atoms with Gasteiger partial charge in [0.05, 0.1) is 6.61 Å². The van der Waals surface area contributed by atoms with Gasteiger partial charge in [0.1, 0.15) is 11.1 Å². The smallest absolute Gasteiger partial charge is 0.248 e. The molecule has 0 aromatic heterocycles. The third kappa shape index (κ3) is 2.32. The topological polar surface area (TPSA) is 58.6 Å². The number of hydrogen-bond donors (Lipinski definition) is 1. The summed E-state index contributed by atoms with van der Waals surface area (Å²) in [5.41, 5.74) is -1.51. The molecule has 1 unspecified atom stereocenters. The third-order valence-corrected chi connectivity index (χ3v) is 4.78. The van der Waals surface area contributed by atoms with E-state index in [9.17, 15) is 9.59 Å². The van der Waals surface area contributed by atoms with Gasteiger partial charge in [0.25, 0.3) is 0 Å². The minimum Gasteiger partial charge on any atom is -0.381 e. The van der Waals surface area contributed by atoms with Crippen LogP contribution in [0, 0.1) is 5.92 Å². The molecule has 2 fully saturated rings. The molecule has 5 nitrogen and oxygen atoms in total. The lowest BCUT2D eigenvalue weighted by molar-refractivity contribution is -0.163. The van der Waals surface area contributed by atoms with Gasteiger partial charge in [0.15, 0.2) is 0 Å². The highest BCUT2D eigenvalue weighted by molar-refractivity contribution is 6.01. The van der Waals surface area contributed by atoms with E-state index in [0.717, 1.165) is 13.0 Å². The highest BCUT2D eigenvalue weighted by Gasteiger charge is 2.53. The fourth-order valence-electron chi connectivity index (χ4n) is 3.30. The number of hydrogen-bond acceptors (Lipinski definition) is 3. The Morgan fingerprint density at radius 2 is 1.95 bits per heavy atom.